The highest BCUT2D eigenvalue weighted by atomic mass is 35.5. The number of hydrogen-bond acceptors (Lipinski definition) is 3. The molecule has 0 radical (unpaired) electrons. The van der Waals surface area contributed by atoms with Crippen molar-refractivity contribution in [2.45, 2.75) is 0 Å². The summed E-state index contributed by atoms with van der Waals surface area (Å²) >= 11 is 5.52. The first-order chi connectivity index (χ1) is 8.54. The molecule has 0 saturated heterocycles. The molecule has 3 N–H and O–H groups in total. The van der Waals surface area contributed by atoms with Crippen LogP contribution in [0.25, 0.3) is 6.08 Å². The third-order valence-electron chi connectivity index (χ3n) is 2.11. The molecule has 18 heavy (non-hydrogen) atoms. The molecule has 0 saturated carbocycles. The number of carbonyl (C=O) groups is 2. The number of carboxylic acids is 2. The summed E-state index contributed by atoms with van der Waals surface area (Å²) < 4.78 is 0. The number of hydrogen-bond donors (Lipinski definition) is 3. The summed E-state index contributed by atoms with van der Waals surface area (Å²) in [5.41, 5.74) is 0.669. The van der Waals surface area contributed by atoms with E-state index in [4.69, 9.17) is 21.8 Å². The van der Waals surface area contributed by atoms with Crippen LogP contribution in [0.3, 0.4) is 0 Å². The van der Waals surface area contributed by atoms with E-state index >= 15 is 0 Å². The number of halogens is 1. The van der Waals surface area contributed by atoms with Gasteiger partial charge in [0.2, 0.25) is 0 Å². The van der Waals surface area contributed by atoms with Crippen LogP contribution in [0.2, 0.25) is 0 Å². The second-order valence-electron chi connectivity index (χ2n) is 3.41. The Hall–Kier alpha value is -2.01. The predicted molar refractivity (Wildman–Crippen MR) is 68.9 cm³/mol. The fourth-order valence-electron chi connectivity index (χ4n) is 1.27. The van der Waals surface area contributed by atoms with Gasteiger partial charge in [-0.15, -0.1) is 11.6 Å². The van der Waals surface area contributed by atoms with Gasteiger partial charge in [-0.05, 0) is 23.8 Å². The Morgan fingerprint density at radius 3 is 2.17 bits per heavy atom. The molecule has 0 aliphatic carbocycles. The van der Waals surface area contributed by atoms with Crippen LogP contribution in [0.5, 0.6) is 0 Å². The Kier molecular flexibility index (Phi) is 5.20. The van der Waals surface area contributed by atoms with Gasteiger partial charge in [0.05, 0.1) is 0 Å². The van der Waals surface area contributed by atoms with Crippen molar-refractivity contribution in [1.29, 1.82) is 0 Å². The lowest BCUT2D eigenvalue weighted by atomic mass is 10.1. The molecule has 1 aromatic carbocycles. The summed E-state index contributed by atoms with van der Waals surface area (Å²) in [6.07, 6.45) is 1.11. The van der Waals surface area contributed by atoms with Crippen LogP contribution in [-0.2, 0) is 9.59 Å². The predicted octanol–water partition coefficient (Wildman–Crippen LogP) is 1.89. The van der Waals surface area contributed by atoms with Crippen LogP contribution in [0, 0.1) is 0 Å². The highest BCUT2D eigenvalue weighted by Crippen LogP contribution is 2.12. The Bertz CT molecular complexity index is 451. The average Bonchev–Trinajstić information content (AvgIpc) is 2.34. The zero-order chi connectivity index (χ0) is 13.5. The summed E-state index contributed by atoms with van der Waals surface area (Å²) in [5, 5.41) is 20.4. The van der Waals surface area contributed by atoms with Crippen molar-refractivity contribution < 1.29 is 19.8 Å². The van der Waals surface area contributed by atoms with Crippen molar-refractivity contribution in [3.8, 4) is 0 Å². The largest absolute Gasteiger partial charge is 0.477 e. The molecule has 0 bridgehead atoms. The molecule has 0 aromatic heterocycles. The summed E-state index contributed by atoms with van der Waals surface area (Å²) in [4.78, 5) is 21.4. The van der Waals surface area contributed by atoms with Gasteiger partial charge < -0.3 is 15.5 Å². The molecule has 6 heteroatoms. The average molecular weight is 270 g/mol. The van der Waals surface area contributed by atoms with Crippen LogP contribution in [0.1, 0.15) is 5.56 Å². The maximum Gasteiger partial charge on any atom is 0.343 e. The van der Waals surface area contributed by atoms with Gasteiger partial charge in [-0.3, -0.25) is 0 Å². The molecule has 5 nitrogen and oxygen atoms in total. The van der Waals surface area contributed by atoms with Gasteiger partial charge in [0.1, 0.15) is 5.57 Å². The van der Waals surface area contributed by atoms with Gasteiger partial charge in [-0.25, -0.2) is 9.59 Å². The maximum atomic E-state index is 10.7. The Morgan fingerprint density at radius 1 is 1.17 bits per heavy atom. The molecule has 0 fully saturated rings. The molecule has 0 atom stereocenters. The third kappa shape index (κ3) is 4.10. The zero-order valence-corrected chi connectivity index (χ0v) is 10.1. The zero-order valence-electron chi connectivity index (χ0n) is 9.39. The topological polar surface area (TPSA) is 86.6 Å². The van der Waals surface area contributed by atoms with Crippen LogP contribution < -0.4 is 5.32 Å². The third-order valence-corrected chi connectivity index (χ3v) is 2.30. The van der Waals surface area contributed by atoms with E-state index in [0.29, 0.717) is 18.0 Å². The van der Waals surface area contributed by atoms with E-state index < -0.39 is 17.5 Å². The summed E-state index contributed by atoms with van der Waals surface area (Å²) in [5.74, 6) is -2.46. The van der Waals surface area contributed by atoms with E-state index in [1.807, 2.05) is 0 Å². The second-order valence-corrected chi connectivity index (χ2v) is 3.78. The number of alkyl halides is 1. The lowest BCUT2D eigenvalue weighted by molar-refractivity contribution is -0.139. The highest BCUT2D eigenvalue weighted by molar-refractivity contribution is 6.18. The number of aliphatic carboxylic acids is 2. The van der Waals surface area contributed by atoms with Crippen molar-refractivity contribution in [2.24, 2.45) is 0 Å². The number of nitrogens with one attached hydrogen (secondary N) is 1. The van der Waals surface area contributed by atoms with Crippen LogP contribution >= 0.6 is 11.6 Å². The van der Waals surface area contributed by atoms with Crippen molar-refractivity contribution in [3.63, 3.8) is 0 Å². The smallest absolute Gasteiger partial charge is 0.343 e. The Labute approximate surface area is 109 Å². The van der Waals surface area contributed by atoms with E-state index in [2.05, 4.69) is 5.32 Å². The fraction of sp³-hybridized carbons (Fsp3) is 0.167. The minimum atomic E-state index is -1.47. The first-order valence-electron chi connectivity index (χ1n) is 5.12. The molecular formula is C12H12ClNO4. The summed E-state index contributed by atoms with van der Waals surface area (Å²) in [6, 6.07) is 6.70. The monoisotopic (exact) mass is 269 g/mol. The standard InChI is InChI=1S/C12H12ClNO4/c13-5-6-14-9-3-1-8(2-4-9)7-10(11(15)16)12(17)18/h1-4,7,14H,5-6H2,(H,15,16)(H,17,18). The van der Waals surface area contributed by atoms with Crippen molar-refractivity contribution >= 4 is 35.3 Å². The number of anilines is 1. The lowest BCUT2D eigenvalue weighted by Crippen LogP contribution is -2.10. The van der Waals surface area contributed by atoms with Crippen LogP contribution in [0.15, 0.2) is 29.8 Å². The normalized spacial score (nSPS) is 9.61. The Morgan fingerprint density at radius 2 is 1.72 bits per heavy atom. The molecule has 0 aliphatic rings. The Balaban J connectivity index is 2.87. The van der Waals surface area contributed by atoms with Gasteiger partial charge in [0.15, 0.2) is 0 Å². The van der Waals surface area contributed by atoms with E-state index in [-0.39, 0.29) is 0 Å². The number of carboxylic acid groups (broad SMARTS) is 2. The quantitative estimate of drug-likeness (QED) is 0.318. The van der Waals surface area contributed by atoms with E-state index in [1.54, 1.807) is 24.3 Å². The van der Waals surface area contributed by atoms with Crippen LogP contribution in [-0.4, -0.2) is 34.6 Å². The van der Waals surface area contributed by atoms with E-state index in [0.717, 1.165) is 11.8 Å². The molecule has 96 valence electrons. The van der Waals surface area contributed by atoms with Gasteiger partial charge in [0, 0.05) is 18.1 Å². The van der Waals surface area contributed by atoms with Gasteiger partial charge in [-0.1, -0.05) is 12.1 Å². The summed E-state index contributed by atoms with van der Waals surface area (Å²) in [7, 11) is 0. The van der Waals surface area contributed by atoms with Gasteiger partial charge in [0.25, 0.3) is 0 Å². The number of rotatable bonds is 6. The molecule has 0 heterocycles. The maximum absolute atomic E-state index is 10.7. The number of benzene rings is 1. The molecule has 0 amide bonds. The van der Waals surface area contributed by atoms with E-state index in [9.17, 15) is 9.59 Å². The second kappa shape index (κ2) is 6.66. The first-order valence-corrected chi connectivity index (χ1v) is 5.66. The minimum absolute atomic E-state index is 0.476. The fourth-order valence-corrected chi connectivity index (χ4v) is 1.36. The van der Waals surface area contributed by atoms with Crippen LogP contribution in [0.4, 0.5) is 5.69 Å². The van der Waals surface area contributed by atoms with Crippen molar-refractivity contribution in [3.05, 3.63) is 35.4 Å². The molecule has 0 unspecified atom stereocenters. The minimum Gasteiger partial charge on any atom is -0.477 e. The molecule has 0 spiro atoms. The van der Waals surface area contributed by atoms with Gasteiger partial charge >= 0.3 is 11.9 Å². The molecular weight excluding hydrogens is 258 g/mol. The molecule has 1 rings (SSSR count). The van der Waals surface area contributed by atoms with E-state index in [1.165, 1.54) is 0 Å². The lowest BCUT2D eigenvalue weighted by Gasteiger charge is -2.04. The van der Waals surface area contributed by atoms with Crippen molar-refractivity contribution in [1.82, 2.24) is 0 Å². The van der Waals surface area contributed by atoms with Crippen molar-refractivity contribution in [2.75, 3.05) is 17.7 Å². The first kappa shape index (κ1) is 14.1. The highest BCUT2D eigenvalue weighted by Gasteiger charge is 2.15. The SMILES string of the molecule is O=C(O)C(=Cc1ccc(NCCCl)cc1)C(=O)O. The molecule has 1 aromatic rings. The molecule has 0 aliphatic heterocycles. The van der Waals surface area contributed by atoms with Gasteiger partial charge in [-0.2, -0.15) is 0 Å². The summed E-state index contributed by atoms with van der Waals surface area (Å²) in [6.45, 7) is 0.617.